The highest BCUT2D eigenvalue weighted by atomic mass is 35.5. The molecule has 0 aliphatic rings. The van der Waals surface area contributed by atoms with Crippen LogP contribution in [-0.2, 0) is 6.42 Å². The lowest BCUT2D eigenvalue weighted by molar-refractivity contribution is 0.320. The van der Waals surface area contributed by atoms with Crippen LogP contribution in [-0.4, -0.2) is 21.2 Å². The Morgan fingerprint density at radius 3 is 2.73 bits per heavy atom. The molecule has 0 spiro atoms. The maximum Gasteiger partial charge on any atom is 0.282 e. The number of hydrogen-bond acceptors (Lipinski definition) is 4. The predicted octanol–water partition coefficient (Wildman–Crippen LogP) is 3.32. The van der Waals surface area contributed by atoms with Gasteiger partial charge in [0.15, 0.2) is 5.65 Å². The number of halogens is 1. The fourth-order valence-electron chi connectivity index (χ4n) is 2.83. The minimum atomic E-state index is -0.254. The highest BCUT2D eigenvalue weighted by Gasteiger charge is 2.16. The first-order valence-electron chi connectivity index (χ1n) is 7.98. The van der Waals surface area contributed by atoms with Crippen molar-refractivity contribution in [3.63, 3.8) is 0 Å². The molecule has 1 N–H and O–H groups in total. The van der Waals surface area contributed by atoms with Crippen LogP contribution in [0, 0.1) is 11.3 Å². The van der Waals surface area contributed by atoms with Crippen molar-refractivity contribution >= 4 is 28.2 Å². The lowest BCUT2D eigenvalue weighted by atomic mass is 10.2. The monoisotopic (exact) mass is 364 g/mol. The van der Waals surface area contributed by atoms with Crippen molar-refractivity contribution in [2.24, 2.45) is 0 Å². The summed E-state index contributed by atoms with van der Waals surface area (Å²) in [6.07, 6.45) is 0.400. The number of para-hydroxylation sites is 1. The Balaban J connectivity index is 1.68. The molecular weight excluding hydrogens is 352 g/mol. The number of nitrogens with one attached hydrogen (secondary N) is 1. The molecule has 0 atom stereocenters. The molecule has 0 saturated carbocycles. The molecule has 0 radical (unpaired) electrons. The maximum atomic E-state index is 12.6. The van der Waals surface area contributed by atoms with Crippen LogP contribution in [0.4, 0.5) is 0 Å². The van der Waals surface area contributed by atoms with Crippen molar-refractivity contribution in [2.75, 3.05) is 6.61 Å². The Labute approximate surface area is 153 Å². The van der Waals surface area contributed by atoms with E-state index in [-0.39, 0.29) is 5.56 Å². The molecular formula is C19H13ClN4O2. The van der Waals surface area contributed by atoms with Gasteiger partial charge in [0.05, 0.1) is 23.2 Å². The molecule has 7 heteroatoms. The fourth-order valence-corrected chi connectivity index (χ4v) is 2.96. The van der Waals surface area contributed by atoms with Gasteiger partial charge in [0.1, 0.15) is 17.4 Å². The Kier molecular flexibility index (Phi) is 4.07. The first-order valence-corrected chi connectivity index (χ1v) is 8.36. The van der Waals surface area contributed by atoms with Gasteiger partial charge < -0.3 is 9.72 Å². The van der Waals surface area contributed by atoms with Gasteiger partial charge in [-0.25, -0.2) is 0 Å². The number of fused-ring (bicyclic) bond motifs is 2. The summed E-state index contributed by atoms with van der Waals surface area (Å²) in [6, 6.07) is 16.3. The van der Waals surface area contributed by atoms with E-state index in [1.807, 2.05) is 6.07 Å². The number of aromatic nitrogens is 3. The lowest BCUT2D eigenvalue weighted by Crippen LogP contribution is -2.15. The number of benzene rings is 2. The SMILES string of the molecule is N#Cc1c(CCOc2ccc(Cl)cc2)nn2c(=O)c3ccccc3[nH]c12. The van der Waals surface area contributed by atoms with Crippen molar-refractivity contribution in [1.82, 2.24) is 14.6 Å². The summed E-state index contributed by atoms with van der Waals surface area (Å²) in [7, 11) is 0. The van der Waals surface area contributed by atoms with Crippen LogP contribution < -0.4 is 10.3 Å². The zero-order valence-electron chi connectivity index (χ0n) is 13.6. The molecule has 0 saturated heterocycles. The number of hydrogen-bond donors (Lipinski definition) is 1. The van der Waals surface area contributed by atoms with E-state index in [4.69, 9.17) is 16.3 Å². The number of H-pyrrole nitrogens is 1. The van der Waals surface area contributed by atoms with Crippen LogP contribution in [0.2, 0.25) is 5.02 Å². The van der Waals surface area contributed by atoms with E-state index >= 15 is 0 Å². The quantitative estimate of drug-likeness (QED) is 0.602. The molecule has 0 fully saturated rings. The fraction of sp³-hybridized carbons (Fsp3) is 0.105. The molecule has 2 aromatic heterocycles. The van der Waals surface area contributed by atoms with Crippen molar-refractivity contribution < 1.29 is 4.74 Å². The Bertz CT molecular complexity index is 1200. The van der Waals surface area contributed by atoms with Gasteiger partial charge >= 0.3 is 0 Å². The number of rotatable bonds is 4. The standard InChI is InChI=1S/C19H13ClN4O2/c20-12-5-7-13(8-6-12)26-10-9-17-15(11-21)18-22-16-4-2-1-3-14(16)19(25)24(18)23-17/h1-8,22H,9-10H2. The van der Waals surface area contributed by atoms with Crippen LogP contribution in [0.1, 0.15) is 11.3 Å². The van der Waals surface area contributed by atoms with E-state index < -0.39 is 0 Å². The minimum absolute atomic E-state index is 0.254. The molecule has 2 aromatic carbocycles. The molecule has 2 heterocycles. The summed E-state index contributed by atoms with van der Waals surface area (Å²) in [5.41, 5.74) is 1.69. The van der Waals surface area contributed by atoms with Gasteiger partial charge in [0.2, 0.25) is 0 Å². The van der Waals surface area contributed by atoms with Crippen LogP contribution in [0.15, 0.2) is 53.3 Å². The van der Waals surface area contributed by atoms with Crippen molar-refractivity contribution in [3.8, 4) is 11.8 Å². The summed E-state index contributed by atoms with van der Waals surface area (Å²) in [6.45, 7) is 0.327. The second kappa shape index (κ2) is 6.54. The maximum absolute atomic E-state index is 12.6. The van der Waals surface area contributed by atoms with E-state index in [0.29, 0.717) is 51.6 Å². The molecule has 128 valence electrons. The van der Waals surface area contributed by atoms with Crippen molar-refractivity contribution in [2.45, 2.75) is 6.42 Å². The molecule has 4 aromatic rings. The van der Waals surface area contributed by atoms with Gasteiger partial charge in [-0.05, 0) is 36.4 Å². The van der Waals surface area contributed by atoms with Crippen LogP contribution in [0.3, 0.4) is 0 Å². The average Bonchev–Trinajstić information content (AvgIpc) is 3.01. The van der Waals surface area contributed by atoms with E-state index in [1.54, 1.807) is 42.5 Å². The van der Waals surface area contributed by atoms with Crippen molar-refractivity contribution in [3.05, 3.63) is 75.2 Å². The Hall–Kier alpha value is -3.30. The van der Waals surface area contributed by atoms with Crippen LogP contribution in [0.25, 0.3) is 16.6 Å². The molecule has 0 unspecified atom stereocenters. The minimum Gasteiger partial charge on any atom is -0.493 e. The summed E-state index contributed by atoms with van der Waals surface area (Å²) in [4.78, 5) is 15.8. The summed E-state index contributed by atoms with van der Waals surface area (Å²) >= 11 is 5.85. The van der Waals surface area contributed by atoms with Gasteiger partial charge in [0, 0.05) is 11.4 Å². The van der Waals surface area contributed by atoms with Gasteiger partial charge in [-0.1, -0.05) is 23.7 Å². The summed E-state index contributed by atoms with van der Waals surface area (Å²) < 4.78 is 6.91. The Morgan fingerprint density at radius 1 is 1.19 bits per heavy atom. The topological polar surface area (TPSA) is 83.2 Å². The van der Waals surface area contributed by atoms with Gasteiger partial charge in [-0.15, -0.1) is 0 Å². The molecule has 4 rings (SSSR count). The zero-order valence-corrected chi connectivity index (χ0v) is 14.3. The smallest absolute Gasteiger partial charge is 0.282 e. The highest BCUT2D eigenvalue weighted by Crippen LogP contribution is 2.18. The van der Waals surface area contributed by atoms with Crippen LogP contribution in [0.5, 0.6) is 5.75 Å². The number of nitriles is 1. The van der Waals surface area contributed by atoms with Crippen LogP contribution >= 0.6 is 11.6 Å². The van der Waals surface area contributed by atoms with Gasteiger partial charge in [-0.3, -0.25) is 4.79 Å². The first kappa shape index (κ1) is 16.2. The molecule has 0 aliphatic heterocycles. The van der Waals surface area contributed by atoms with Crippen molar-refractivity contribution in [1.29, 1.82) is 5.26 Å². The number of nitrogens with zero attached hydrogens (tertiary/aromatic N) is 3. The zero-order chi connectivity index (χ0) is 18.1. The molecule has 0 bridgehead atoms. The number of ether oxygens (including phenoxy) is 1. The van der Waals surface area contributed by atoms with Gasteiger partial charge in [0.25, 0.3) is 5.56 Å². The third kappa shape index (κ3) is 2.79. The van der Waals surface area contributed by atoms with E-state index in [9.17, 15) is 10.1 Å². The largest absolute Gasteiger partial charge is 0.493 e. The summed E-state index contributed by atoms with van der Waals surface area (Å²) in [5, 5.41) is 15.0. The molecule has 0 amide bonds. The third-order valence-electron chi connectivity index (χ3n) is 4.09. The van der Waals surface area contributed by atoms with E-state index in [2.05, 4.69) is 16.2 Å². The normalized spacial score (nSPS) is 10.9. The predicted molar refractivity (Wildman–Crippen MR) is 98.7 cm³/mol. The first-order chi connectivity index (χ1) is 12.7. The average molecular weight is 365 g/mol. The second-order valence-corrected chi connectivity index (χ2v) is 6.16. The van der Waals surface area contributed by atoms with E-state index in [1.165, 1.54) is 4.52 Å². The van der Waals surface area contributed by atoms with Gasteiger partial charge in [-0.2, -0.15) is 14.9 Å². The Morgan fingerprint density at radius 2 is 1.96 bits per heavy atom. The molecule has 6 nitrogen and oxygen atoms in total. The second-order valence-electron chi connectivity index (χ2n) is 5.72. The number of aromatic amines is 1. The van der Waals surface area contributed by atoms with E-state index in [0.717, 1.165) is 0 Å². The lowest BCUT2D eigenvalue weighted by Gasteiger charge is -2.04. The molecule has 26 heavy (non-hydrogen) atoms. The summed E-state index contributed by atoms with van der Waals surface area (Å²) in [5.74, 6) is 0.679. The highest BCUT2D eigenvalue weighted by molar-refractivity contribution is 6.30. The third-order valence-corrected chi connectivity index (χ3v) is 4.35. The molecule has 0 aliphatic carbocycles.